The summed E-state index contributed by atoms with van der Waals surface area (Å²) in [7, 11) is 0. The maximum absolute atomic E-state index is 13.8. The molecule has 2 saturated heterocycles. The molecule has 0 spiro atoms. The molecule has 0 aromatic heterocycles. The summed E-state index contributed by atoms with van der Waals surface area (Å²) in [5.74, 6) is -10.2. The highest BCUT2D eigenvalue weighted by molar-refractivity contribution is 5.97. The number of nitrogens with one attached hydrogen (secondary N) is 5. The van der Waals surface area contributed by atoms with Crippen molar-refractivity contribution >= 4 is 59.2 Å². The van der Waals surface area contributed by atoms with Gasteiger partial charge in [0, 0.05) is 19.5 Å². The van der Waals surface area contributed by atoms with Crippen LogP contribution < -0.4 is 49.5 Å². The number of likely N-dealkylation sites (tertiary alicyclic amines) is 1. The first-order chi connectivity index (χ1) is 32.0. The summed E-state index contributed by atoms with van der Waals surface area (Å²) in [4.78, 5) is 121. The summed E-state index contributed by atoms with van der Waals surface area (Å²) >= 11 is 0. The molecule has 2 heterocycles. The average Bonchev–Trinajstić information content (AvgIpc) is 3.78. The number of ether oxygens (including phenoxy) is 2. The Morgan fingerprint density at radius 2 is 1.51 bits per heavy atom. The molecule has 2 aliphatic heterocycles. The second kappa shape index (κ2) is 26.7. The van der Waals surface area contributed by atoms with E-state index in [0.717, 1.165) is 6.92 Å². The minimum atomic E-state index is -1.94. The Bertz CT molecular complexity index is 1970. The number of guanidine groups is 1. The largest absolute Gasteiger partial charge is 0.481 e. The van der Waals surface area contributed by atoms with Gasteiger partial charge in [0.15, 0.2) is 18.3 Å². The standard InChI is InChI=1S/C40H61N11O17/c1-18(67-39-32(59)31(58)30(57)25(17-52)68-39)29(38(65)66)50-35(62)22(13-19-7-3-2-4-8-19)49-34(61)23(15-28(55)56)47-27(54)16-46-33(60)21(9-5-11-45-40(43)44)48-36(63)24-10-6-12-51(24)37(64)20(41)14-26(42)53/h2-4,7-8,18,20-25,29-32,39,52,57-59H,5-6,9-17,41H2,1H3,(H2,42,53)(H,46,60)(H,47,54)(H,48,63)(H,49,61)(H,50,62)(H,55,56)(H,65,66)(H4,43,44,45)/t18-,20+,21+,22+,23+,24+,25-,29+,30-,31+,32-,39-/m1/s1. The van der Waals surface area contributed by atoms with Gasteiger partial charge in [0.1, 0.15) is 48.6 Å². The van der Waals surface area contributed by atoms with Gasteiger partial charge in [-0.2, -0.15) is 0 Å². The molecule has 0 radical (unpaired) electrons. The van der Waals surface area contributed by atoms with Gasteiger partial charge in [-0.25, -0.2) is 4.79 Å². The van der Waals surface area contributed by atoms with E-state index < -0.39 is 152 Å². The summed E-state index contributed by atoms with van der Waals surface area (Å²) in [5, 5.41) is 71.4. The Balaban J connectivity index is 1.76. The third kappa shape index (κ3) is 16.9. The van der Waals surface area contributed by atoms with Gasteiger partial charge in [-0.1, -0.05) is 30.3 Å². The number of carbonyl (C=O) groups excluding carboxylic acids is 7. The number of carboxylic acid groups (broad SMARTS) is 2. The third-order valence-corrected chi connectivity index (χ3v) is 10.8. The molecule has 28 nitrogen and oxygen atoms in total. The molecule has 0 unspecified atom stereocenters. The van der Waals surface area contributed by atoms with Crippen molar-refractivity contribution in [2.24, 2.45) is 27.9 Å². The molecule has 68 heavy (non-hydrogen) atoms. The molecule has 7 amide bonds. The van der Waals surface area contributed by atoms with Crippen molar-refractivity contribution in [1.82, 2.24) is 31.5 Å². The van der Waals surface area contributed by atoms with Crippen LogP contribution in [0.4, 0.5) is 0 Å². The van der Waals surface area contributed by atoms with Crippen LogP contribution in [0.3, 0.4) is 0 Å². The van der Waals surface area contributed by atoms with Crippen LogP contribution in [0.25, 0.3) is 0 Å². The van der Waals surface area contributed by atoms with E-state index in [9.17, 15) is 73.8 Å². The number of amides is 7. The molecule has 28 heteroatoms. The number of hydrogen-bond acceptors (Lipinski definition) is 17. The highest BCUT2D eigenvalue weighted by Crippen LogP contribution is 2.24. The SMILES string of the molecule is C[C@@H](O[C@@H]1O[C@H](CO)[C@@H](O)[C@H](O)[C@H]1O)[C@H](NC(=O)[C@H](Cc1ccccc1)NC(=O)[C@H](CC(=O)O)NC(=O)CNC(=O)[C@H](CCCN=C(N)N)NC(=O)[C@@H]1CCCN1C(=O)[C@@H](N)CC(N)=O)C(=O)O. The lowest BCUT2D eigenvalue weighted by atomic mass is 9.99. The topological polar surface area (TPSA) is 473 Å². The molecule has 0 aliphatic carbocycles. The first-order valence-corrected chi connectivity index (χ1v) is 21.4. The first kappa shape index (κ1) is 55.8. The normalized spacial score (nSPS) is 22.7. The van der Waals surface area contributed by atoms with Gasteiger partial charge < -0.3 is 94.5 Å². The van der Waals surface area contributed by atoms with E-state index in [1.165, 1.54) is 4.90 Å². The van der Waals surface area contributed by atoms with Crippen LogP contribution in [0.5, 0.6) is 0 Å². The van der Waals surface area contributed by atoms with Crippen molar-refractivity contribution in [3.63, 3.8) is 0 Å². The number of rotatable bonds is 26. The van der Waals surface area contributed by atoms with Crippen molar-refractivity contribution in [3.05, 3.63) is 35.9 Å². The summed E-state index contributed by atoms with van der Waals surface area (Å²) in [6.45, 7) is -0.383. The fraction of sp³-hybridized carbons (Fsp3) is 0.600. The van der Waals surface area contributed by atoms with Crippen LogP contribution in [0, 0.1) is 0 Å². The summed E-state index contributed by atoms with van der Waals surface area (Å²) in [6, 6.07) is -1.25. The molecule has 3 rings (SSSR count). The number of nitrogens with two attached hydrogens (primary N) is 4. The second-order valence-corrected chi connectivity index (χ2v) is 16.0. The molecule has 0 saturated carbocycles. The van der Waals surface area contributed by atoms with Crippen LogP contribution in [0.2, 0.25) is 0 Å². The van der Waals surface area contributed by atoms with Crippen LogP contribution in [-0.4, -0.2) is 194 Å². The predicted molar refractivity (Wildman–Crippen MR) is 232 cm³/mol. The molecule has 12 atom stereocenters. The first-order valence-electron chi connectivity index (χ1n) is 21.4. The lowest BCUT2D eigenvalue weighted by molar-refractivity contribution is -0.311. The zero-order valence-electron chi connectivity index (χ0n) is 37.0. The minimum Gasteiger partial charge on any atom is -0.481 e. The maximum Gasteiger partial charge on any atom is 0.328 e. The monoisotopic (exact) mass is 967 g/mol. The summed E-state index contributed by atoms with van der Waals surface area (Å²) < 4.78 is 10.8. The van der Waals surface area contributed by atoms with Crippen molar-refractivity contribution in [3.8, 4) is 0 Å². The van der Waals surface area contributed by atoms with Crippen LogP contribution in [0.1, 0.15) is 51.0 Å². The van der Waals surface area contributed by atoms with E-state index in [1.807, 2.05) is 0 Å². The third-order valence-electron chi connectivity index (χ3n) is 10.8. The summed E-state index contributed by atoms with van der Waals surface area (Å²) in [6.07, 6.45) is -11.5. The number of hydrogen-bond donors (Lipinski definition) is 15. The summed E-state index contributed by atoms with van der Waals surface area (Å²) in [5.41, 5.74) is 22.2. The van der Waals surface area contributed by atoms with E-state index in [1.54, 1.807) is 30.3 Å². The Morgan fingerprint density at radius 1 is 0.853 bits per heavy atom. The van der Waals surface area contributed by atoms with Crippen molar-refractivity contribution < 1.29 is 83.3 Å². The molecule has 2 fully saturated rings. The number of carbonyl (C=O) groups is 9. The Labute approximate surface area is 388 Å². The van der Waals surface area contributed by atoms with Gasteiger partial charge in [0.05, 0.1) is 38.1 Å². The number of aliphatic hydroxyl groups is 4. The molecule has 1 aromatic carbocycles. The molecule has 378 valence electrons. The fourth-order valence-electron chi connectivity index (χ4n) is 7.22. The Kier molecular flexibility index (Phi) is 21.9. The number of aliphatic imine (C=N–C) groups is 1. The van der Waals surface area contributed by atoms with E-state index in [-0.39, 0.29) is 44.7 Å². The van der Waals surface area contributed by atoms with Crippen molar-refractivity contribution in [1.29, 1.82) is 0 Å². The quantitative estimate of drug-likeness (QED) is 0.0233. The van der Waals surface area contributed by atoms with E-state index >= 15 is 0 Å². The molecule has 1 aromatic rings. The lowest BCUT2D eigenvalue weighted by Gasteiger charge is -2.41. The predicted octanol–water partition coefficient (Wildman–Crippen LogP) is -7.70. The van der Waals surface area contributed by atoms with Gasteiger partial charge in [0.25, 0.3) is 0 Å². The number of carboxylic acids is 2. The highest BCUT2D eigenvalue weighted by atomic mass is 16.7. The highest BCUT2D eigenvalue weighted by Gasteiger charge is 2.46. The van der Waals surface area contributed by atoms with Gasteiger partial charge >= 0.3 is 11.9 Å². The molecular weight excluding hydrogens is 906 g/mol. The van der Waals surface area contributed by atoms with E-state index in [0.29, 0.717) is 12.0 Å². The fourth-order valence-corrected chi connectivity index (χ4v) is 7.22. The van der Waals surface area contributed by atoms with Crippen LogP contribution in [0.15, 0.2) is 35.3 Å². The van der Waals surface area contributed by atoms with Crippen molar-refractivity contribution in [2.45, 2.75) is 125 Å². The maximum atomic E-state index is 13.8. The van der Waals surface area contributed by atoms with E-state index in [2.05, 4.69) is 31.6 Å². The second-order valence-electron chi connectivity index (χ2n) is 16.0. The van der Waals surface area contributed by atoms with Gasteiger partial charge in [-0.05, 0) is 38.2 Å². The van der Waals surface area contributed by atoms with Gasteiger partial charge in [-0.15, -0.1) is 0 Å². The minimum absolute atomic E-state index is 0.0274. The van der Waals surface area contributed by atoms with E-state index in [4.69, 9.17) is 32.4 Å². The smallest absolute Gasteiger partial charge is 0.328 e. The molecular formula is C40H61N11O17. The molecule has 2 aliphatic rings. The Morgan fingerprint density at radius 3 is 2.12 bits per heavy atom. The number of primary amides is 1. The number of nitrogens with zero attached hydrogens (tertiary/aromatic N) is 2. The molecule has 19 N–H and O–H groups in total. The average molecular weight is 968 g/mol. The van der Waals surface area contributed by atoms with Crippen molar-refractivity contribution in [2.75, 3.05) is 26.2 Å². The van der Waals surface area contributed by atoms with Gasteiger partial charge in [0.2, 0.25) is 41.4 Å². The van der Waals surface area contributed by atoms with Crippen LogP contribution >= 0.6 is 0 Å². The lowest BCUT2D eigenvalue weighted by Crippen LogP contribution is -2.62. The zero-order chi connectivity index (χ0) is 50.8. The number of benzene rings is 1. The molecule has 0 bridgehead atoms. The number of aliphatic carboxylic acids is 2. The zero-order valence-corrected chi connectivity index (χ0v) is 37.0. The van der Waals surface area contributed by atoms with Crippen LogP contribution in [-0.2, 0) is 59.0 Å². The number of aliphatic hydroxyl groups excluding tert-OH is 4. The van der Waals surface area contributed by atoms with Gasteiger partial charge in [-0.3, -0.25) is 43.3 Å². The Hall–Kier alpha value is -6.56.